The van der Waals surface area contributed by atoms with Crippen molar-refractivity contribution in [3.63, 3.8) is 0 Å². The Morgan fingerprint density at radius 1 is 1.04 bits per heavy atom. The van der Waals surface area contributed by atoms with Gasteiger partial charge in [-0.05, 0) is 36.6 Å². The number of rotatable bonds is 8. The van der Waals surface area contributed by atoms with E-state index in [9.17, 15) is 9.59 Å². The first-order valence-electron chi connectivity index (χ1n) is 8.86. The van der Waals surface area contributed by atoms with Gasteiger partial charge in [0, 0.05) is 24.5 Å². The molecule has 138 valence electrons. The zero-order valence-corrected chi connectivity index (χ0v) is 16.0. The van der Waals surface area contributed by atoms with Crippen molar-refractivity contribution in [3.8, 4) is 0 Å². The fraction of sp³-hybridized carbons (Fsp3) is 0.333. The van der Waals surface area contributed by atoms with Crippen molar-refractivity contribution >= 4 is 23.4 Å². The molecule has 0 bridgehead atoms. The van der Waals surface area contributed by atoms with Gasteiger partial charge in [-0.3, -0.25) is 9.59 Å². The summed E-state index contributed by atoms with van der Waals surface area (Å²) >= 11 is 5.91. The van der Waals surface area contributed by atoms with E-state index in [1.165, 1.54) is 5.56 Å². The van der Waals surface area contributed by atoms with Crippen LogP contribution >= 0.6 is 11.6 Å². The fourth-order valence-corrected chi connectivity index (χ4v) is 2.82. The van der Waals surface area contributed by atoms with Crippen molar-refractivity contribution in [2.45, 2.75) is 39.3 Å². The summed E-state index contributed by atoms with van der Waals surface area (Å²) in [5, 5.41) is 3.58. The first kappa shape index (κ1) is 20.0. The lowest BCUT2D eigenvalue weighted by Crippen LogP contribution is -2.47. The molecule has 2 amide bonds. The van der Waals surface area contributed by atoms with Gasteiger partial charge in [-0.2, -0.15) is 0 Å². The maximum Gasteiger partial charge on any atom is 0.242 e. The Kier molecular flexibility index (Phi) is 7.67. The lowest BCUT2D eigenvalue weighted by molar-refractivity contribution is -0.140. The molecule has 1 atom stereocenters. The fourth-order valence-electron chi connectivity index (χ4n) is 2.69. The van der Waals surface area contributed by atoms with Crippen molar-refractivity contribution < 1.29 is 9.59 Å². The summed E-state index contributed by atoms with van der Waals surface area (Å²) in [5.74, 6) is -0.192. The number of hydrogen-bond acceptors (Lipinski definition) is 2. The van der Waals surface area contributed by atoms with Crippen molar-refractivity contribution in [3.05, 3.63) is 70.7 Å². The zero-order chi connectivity index (χ0) is 18.9. The Hall–Kier alpha value is -2.33. The summed E-state index contributed by atoms with van der Waals surface area (Å²) in [6.07, 6.45) is 1.12. The molecule has 0 aliphatic heterocycles. The Balaban J connectivity index is 1.96. The Bertz CT molecular complexity index is 717. The van der Waals surface area contributed by atoms with Gasteiger partial charge in [-0.1, -0.05) is 61.0 Å². The van der Waals surface area contributed by atoms with Crippen molar-refractivity contribution in [2.24, 2.45) is 0 Å². The van der Waals surface area contributed by atoms with E-state index in [2.05, 4.69) is 5.32 Å². The van der Waals surface area contributed by atoms with Crippen LogP contribution in [0.1, 0.15) is 31.4 Å². The van der Waals surface area contributed by atoms with Crippen LogP contribution in [0.4, 0.5) is 0 Å². The second-order valence-corrected chi connectivity index (χ2v) is 6.64. The number of carbonyl (C=O) groups is 2. The molecule has 4 nitrogen and oxygen atoms in total. The van der Waals surface area contributed by atoms with Gasteiger partial charge in [-0.15, -0.1) is 0 Å². The lowest BCUT2D eigenvalue weighted by Gasteiger charge is -2.28. The SMILES string of the molecule is CCC(=O)N(Cc1ccc(Cl)cc1)C(C)C(=O)NCCc1ccccc1. The summed E-state index contributed by atoms with van der Waals surface area (Å²) in [7, 11) is 0. The number of amides is 2. The first-order valence-corrected chi connectivity index (χ1v) is 9.24. The molecule has 0 aliphatic rings. The molecule has 2 rings (SSSR count). The zero-order valence-electron chi connectivity index (χ0n) is 15.2. The van der Waals surface area contributed by atoms with E-state index in [1.807, 2.05) is 42.5 Å². The van der Waals surface area contributed by atoms with Crippen LogP contribution in [0.5, 0.6) is 0 Å². The number of nitrogens with zero attached hydrogens (tertiary/aromatic N) is 1. The molecule has 0 radical (unpaired) electrons. The maximum absolute atomic E-state index is 12.5. The quantitative estimate of drug-likeness (QED) is 0.765. The molecule has 0 fully saturated rings. The summed E-state index contributed by atoms with van der Waals surface area (Å²) in [6, 6.07) is 16.8. The van der Waals surface area contributed by atoms with Gasteiger partial charge in [0.05, 0.1) is 0 Å². The van der Waals surface area contributed by atoms with E-state index in [-0.39, 0.29) is 11.8 Å². The molecule has 5 heteroatoms. The highest BCUT2D eigenvalue weighted by atomic mass is 35.5. The molecule has 0 saturated heterocycles. The standard InChI is InChI=1S/C21H25ClN2O2/c1-3-20(25)24(15-18-9-11-19(22)12-10-18)16(2)21(26)23-14-13-17-7-5-4-6-8-17/h4-12,16H,3,13-15H2,1-2H3,(H,23,26). The van der Waals surface area contributed by atoms with E-state index in [0.717, 1.165) is 12.0 Å². The molecule has 1 unspecified atom stereocenters. The van der Waals surface area contributed by atoms with Crippen LogP contribution < -0.4 is 5.32 Å². The molecule has 0 aliphatic carbocycles. The van der Waals surface area contributed by atoms with Gasteiger partial charge in [0.1, 0.15) is 6.04 Å². The smallest absolute Gasteiger partial charge is 0.242 e. The molecule has 26 heavy (non-hydrogen) atoms. The number of benzene rings is 2. The van der Waals surface area contributed by atoms with Gasteiger partial charge < -0.3 is 10.2 Å². The molecule has 1 N–H and O–H groups in total. The predicted molar refractivity (Wildman–Crippen MR) is 105 cm³/mol. The van der Waals surface area contributed by atoms with Crippen LogP contribution in [-0.2, 0) is 22.6 Å². The van der Waals surface area contributed by atoms with Gasteiger partial charge in [0.2, 0.25) is 11.8 Å². The maximum atomic E-state index is 12.5. The molecular weight excluding hydrogens is 348 g/mol. The van der Waals surface area contributed by atoms with Gasteiger partial charge in [0.15, 0.2) is 0 Å². The summed E-state index contributed by atoms with van der Waals surface area (Å²) < 4.78 is 0. The molecule has 0 spiro atoms. The average Bonchev–Trinajstić information content (AvgIpc) is 2.67. The minimum absolute atomic E-state index is 0.0503. The van der Waals surface area contributed by atoms with Crippen LogP contribution in [0.15, 0.2) is 54.6 Å². The van der Waals surface area contributed by atoms with Crippen LogP contribution in [0.3, 0.4) is 0 Å². The largest absolute Gasteiger partial charge is 0.354 e. The predicted octanol–water partition coefficient (Wildman–Crippen LogP) is 3.83. The van der Waals surface area contributed by atoms with E-state index >= 15 is 0 Å². The van der Waals surface area contributed by atoms with Crippen LogP contribution in [0.25, 0.3) is 0 Å². The molecule has 0 saturated carbocycles. The minimum Gasteiger partial charge on any atom is -0.354 e. The average molecular weight is 373 g/mol. The third-order valence-corrected chi connectivity index (χ3v) is 4.54. The number of hydrogen-bond donors (Lipinski definition) is 1. The first-order chi connectivity index (χ1) is 12.5. The van der Waals surface area contributed by atoms with Gasteiger partial charge in [0.25, 0.3) is 0 Å². The highest BCUT2D eigenvalue weighted by Gasteiger charge is 2.24. The molecule has 2 aromatic rings. The van der Waals surface area contributed by atoms with Crippen molar-refractivity contribution in [2.75, 3.05) is 6.54 Å². The monoisotopic (exact) mass is 372 g/mol. The number of nitrogens with one attached hydrogen (secondary N) is 1. The second-order valence-electron chi connectivity index (χ2n) is 6.20. The third-order valence-electron chi connectivity index (χ3n) is 4.29. The second kappa shape index (κ2) is 9.97. The molecule has 2 aromatic carbocycles. The lowest BCUT2D eigenvalue weighted by atomic mass is 10.1. The van der Waals surface area contributed by atoms with Crippen molar-refractivity contribution in [1.29, 1.82) is 0 Å². The Morgan fingerprint density at radius 3 is 2.31 bits per heavy atom. The topological polar surface area (TPSA) is 49.4 Å². The van der Waals surface area contributed by atoms with E-state index in [0.29, 0.717) is 24.5 Å². The summed E-state index contributed by atoms with van der Waals surface area (Å²) in [6.45, 7) is 4.50. The van der Waals surface area contributed by atoms with Crippen LogP contribution in [-0.4, -0.2) is 29.3 Å². The van der Waals surface area contributed by atoms with Crippen molar-refractivity contribution in [1.82, 2.24) is 10.2 Å². The summed E-state index contributed by atoms with van der Waals surface area (Å²) in [4.78, 5) is 26.5. The normalized spacial score (nSPS) is 11.7. The number of halogens is 1. The van der Waals surface area contributed by atoms with E-state index < -0.39 is 6.04 Å². The molecule has 0 heterocycles. The number of carbonyl (C=O) groups excluding carboxylic acids is 2. The summed E-state index contributed by atoms with van der Waals surface area (Å²) in [5.41, 5.74) is 2.11. The highest BCUT2D eigenvalue weighted by Crippen LogP contribution is 2.14. The Morgan fingerprint density at radius 2 is 1.69 bits per heavy atom. The van der Waals surface area contributed by atoms with Crippen LogP contribution in [0, 0.1) is 0 Å². The molecular formula is C21H25ClN2O2. The van der Waals surface area contributed by atoms with E-state index in [4.69, 9.17) is 11.6 Å². The highest BCUT2D eigenvalue weighted by molar-refractivity contribution is 6.30. The van der Waals surface area contributed by atoms with Gasteiger partial charge >= 0.3 is 0 Å². The van der Waals surface area contributed by atoms with Gasteiger partial charge in [-0.25, -0.2) is 0 Å². The minimum atomic E-state index is -0.533. The Labute approximate surface area is 160 Å². The van der Waals surface area contributed by atoms with E-state index in [1.54, 1.807) is 30.9 Å². The third kappa shape index (κ3) is 5.88. The van der Waals surface area contributed by atoms with Crippen LogP contribution in [0.2, 0.25) is 5.02 Å². The molecule has 0 aromatic heterocycles.